The molecule has 2 aromatic carbocycles. The number of amidine groups is 1. The van der Waals surface area contributed by atoms with Crippen molar-refractivity contribution >= 4 is 29.6 Å². The van der Waals surface area contributed by atoms with Crippen LogP contribution in [0.4, 0.5) is 11.4 Å². The van der Waals surface area contributed by atoms with Crippen LogP contribution in [0.5, 0.6) is 0 Å². The lowest BCUT2D eigenvalue weighted by molar-refractivity contribution is 1.49. The van der Waals surface area contributed by atoms with E-state index in [1.807, 2.05) is 60.7 Å². The maximum atomic E-state index is 4.46. The van der Waals surface area contributed by atoms with Gasteiger partial charge in [-0.15, -0.1) is 12.4 Å². The molecule has 2 aromatic rings. The van der Waals surface area contributed by atoms with Crippen LogP contribution in [-0.2, 0) is 0 Å². The summed E-state index contributed by atoms with van der Waals surface area (Å²) < 4.78 is 0. The van der Waals surface area contributed by atoms with E-state index in [9.17, 15) is 0 Å². The summed E-state index contributed by atoms with van der Waals surface area (Å²) in [5, 5.41) is 3.21. The van der Waals surface area contributed by atoms with Gasteiger partial charge in [0.15, 0.2) is 0 Å². The van der Waals surface area contributed by atoms with Gasteiger partial charge < -0.3 is 5.32 Å². The molecule has 18 heavy (non-hydrogen) atoms. The first kappa shape index (κ1) is 14.0. The van der Waals surface area contributed by atoms with Gasteiger partial charge in [0.1, 0.15) is 5.84 Å². The maximum absolute atomic E-state index is 4.46. The minimum absolute atomic E-state index is 0. The van der Waals surface area contributed by atoms with E-state index in [0.717, 1.165) is 17.2 Å². The molecule has 2 nitrogen and oxygen atoms in total. The highest BCUT2D eigenvalue weighted by molar-refractivity contribution is 6.04. The van der Waals surface area contributed by atoms with E-state index in [-0.39, 0.29) is 12.4 Å². The molecule has 92 valence electrons. The zero-order valence-corrected chi connectivity index (χ0v) is 10.7. The summed E-state index contributed by atoms with van der Waals surface area (Å²) >= 11 is 0. The molecule has 0 aliphatic heterocycles. The second-order valence-electron chi connectivity index (χ2n) is 3.53. The van der Waals surface area contributed by atoms with Crippen molar-refractivity contribution in [1.82, 2.24) is 0 Å². The number of hydrogen-bond donors (Lipinski definition) is 1. The Morgan fingerprint density at radius 2 is 1.50 bits per heavy atom. The number of rotatable bonds is 3. The van der Waals surface area contributed by atoms with E-state index in [2.05, 4.69) is 16.9 Å². The minimum Gasteiger partial charge on any atom is -0.340 e. The normalized spacial score (nSPS) is 10.3. The highest BCUT2D eigenvalue weighted by atomic mass is 35.5. The summed E-state index contributed by atoms with van der Waals surface area (Å²) in [6.07, 6.45) is 1.71. The Morgan fingerprint density at radius 3 is 2.06 bits per heavy atom. The summed E-state index contributed by atoms with van der Waals surface area (Å²) in [6.45, 7) is 3.76. The van der Waals surface area contributed by atoms with Crippen LogP contribution in [0.25, 0.3) is 0 Å². The van der Waals surface area contributed by atoms with Crippen LogP contribution < -0.4 is 5.32 Å². The van der Waals surface area contributed by atoms with Gasteiger partial charge in [0, 0.05) is 5.69 Å². The van der Waals surface area contributed by atoms with Gasteiger partial charge in [-0.05, 0) is 30.3 Å². The van der Waals surface area contributed by atoms with Crippen LogP contribution in [0.1, 0.15) is 0 Å². The molecule has 0 atom stereocenters. The number of para-hydroxylation sites is 2. The highest BCUT2D eigenvalue weighted by Crippen LogP contribution is 2.12. The van der Waals surface area contributed by atoms with Gasteiger partial charge in [-0.3, -0.25) is 0 Å². The first-order valence-corrected chi connectivity index (χ1v) is 5.47. The molecular formula is C15H15ClN2. The molecule has 2 rings (SSSR count). The summed E-state index contributed by atoms with van der Waals surface area (Å²) in [7, 11) is 0. The van der Waals surface area contributed by atoms with Crippen molar-refractivity contribution in [3.05, 3.63) is 73.3 Å². The van der Waals surface area contributed by atoms with Crippen molar-refractivity contribution in [2.45, 2.75) is 0 Å². The second kappa shape index (κ2) is 7.30. The number of anilines is 1. The minimum atomic E-state index is 0. The van der Waals surface area contributed by atoms with Crippen LogP contribution in [0, 0.1) is 0 Å². The molecule has 0 amide bonds. The zero-order valence-electron chi connectivity index (χ0n) is 9.91. The predicted molar refractivity (Wildman–Crippen MR) is 81.0 cm³/mol. The highest BCUT2D eigenvalue weighted by Gasteiger charge is 1.95. The average Bonchev–Trinajstić information content (AvgIpc) is 2.40. The summed E-state index contributed by atoms with van der Waals surface area (Å²) in [5.74, 6) is 0.738. The van der Waals surface area contributed by atoms with Crippen molar-refractivity contribution in [3.63, 3.8) is 0 Å². The Hall–Kier alpha value is -2.06. The zero-order chi connectivity index (χ0) is 11.9. The van der Waals surface area contributed by atoms with E-state index in [1.54, 1.807) is 6.08 Å². The van der Waals surface area contributed by atoms with Crippen LogP contribution in [-0.4, -0.2) is 5.84 Å². The van der Waals surface area contributed by atoms with E-state index < -0.39 is 0 Å². The smallest absolute Gasteiger partial charge is 0.130 e. The lowest BCUT2D eigenvalue weighted by atomic mass is 10.3. The predicted octanol–water partition coefficient (Wildman–Crippen LogP) is 4.44. The largest absolute Gasteiger partial charge is 0.340 e. The lowest BCUT2D eigenvalue weighted by Gasteiger charge is -2.05. The molecule has 0 aromatic heterocycles. The molecule has 0 aliphatic carbocycles. The molecule has 0 bridgehead atoms. The molecule has 0 spiro atoms. The molecule has 1 N–H and O–H groups in total. The Balaban J connectivity index is 0.00000162. The molecule has 0 aliphatic rings. The van der Waals surface area contributed by atoms with Gasteiger partial charge in [0.2, 0.25) is 0 Å². The number of aliphatic imine (C=N–C) groups is 1. The van der Waals surface area contributed by atoms with Crippen molar-refractivity contribution in [2.24, 2.45) is 4.99 Å². The molecular weight excluding hydrogens is 244 g/mol. The van der Waals surface area contributed by atoms with Crippen molar-refractivity contribution in [2.75, 3.05) is 5.32 Å². The molecule has 0 fully saturated rings. The molecule has 3 heteroatoms. The summed E-state index contributed by atoms with van der Waals surface area (Å²) in [5.41, 5.74) is 1.91. The summed E-state index contributed by atoms with van der Waals surface area (Å²) in [4.78, 5) is 4.46. The molecule has 0 radical (unpaired) electrons. The maximum Gasteiger partial charge on any atom is 0.130 e. The van der Waals surface area contributed by atoms with Gasteiger partial charge >= 0.3 is 0 Å². The Labute approximate surface area is 113 Å². The van der Waals surface area contributed by atoms with Crippen LogP contribution in [0.15, 0.2) is 78.3 Å². The van der Waals surface area contributed by atoms with Crippen molar-refractivity contribution in [3.8, 4) is 0 Å². The first-order valence-electron chi connectivity index (χ1n) is 5.47. The fourth-order valence-electron chi connectivity index (χ4n) is 1.44. The number of halogens is 1. The number of benzene rings is 2. The Bertz CT molecular complexity index is 507. The Morgan fingerprint density at radius 1 is 0.944 bits per heavy atom. The van der Waals surface area contributed by atoms with Gasteiger partial charge in [-0.1, -0.05) is 43.0 Å². The van der Waals surface area contributed by atoms with Crippen LogP contribution >= 0.6 is 12.4 Å². The standard InChI is InChI=1S/C15H14N2.ClH/c1-2-15(16-13-9-5-3-6-10-13)17-14-11-7-4-8-12-14;/h2-12H,1H2,(H,16,17);1H. The third-order valence-electron chi connectivity index (χ3n) is 2.25. The van der Waals surface area contributed by atoms with E-state index in [0.29, 0.717) is 0 Å². The fourth-order valence-corrected chi connectivity index (χ4v) is 1.44. The SMILES string of the molecule is C=CC(=Nc1ccccc1)Nc1ccccc1.Cl. The third kappa shape index (κ3) is 4.07. The molecule has 0 saturated carbocycles. The van der Waals surface area contributed by atoms with E-state index in [4.69, 9.17) is 0 Å². The lowest BCUT2D eigenvalue weighted by Crippen LogP contribution is -2.07. The quantitative estimate of drug-likeness (QED) is 0.639. The molecule has 0 heterocycles. The summed E-state index contributed by atoms with van der Waals surface area (Å²) in [6, 6.07) is 19.7. The first-order chi connectivity index (χ1) is 8.38. The molecule has 0 unspecified atom stereocenters. The molecule has 0 saturated heterocycles. The number of nitrogens with zero attached hydrogens (tertiary/aromatic N) is 1. The fraction of sp³-hybridized carbons (Fsp3) is 0. The number of hydrogen-bond acceptors (Lipinski definition) is 1. The van der Waals surface area contributed by atoms with Crippen molar-refractivity contribution < 1.29 is 0 Å². The Kier molecular flexibility index (Phi) is 5.68. The van der Waals surface area contributed by atoms with Crippen molar-refractivity contribution in [1.29, 1.82) is 0 Å². The van der Waals surface area contributed by atoms with Gasteiger partial charge in [-0.2, -0.15) is 0 Å². The van der Waals surface area contributed by atoms with Crippen LogP contribution in [0.3, 0.4) is 0 Å². The average molecular weight is 259 g/mol. The van der Waals surface area contributed by atoms with Crippen LogP contribution in [0.2, 0.25) is 0 Å². The third-order valence-corrected chi connectivity index (χ3v) is 2.25. The topological polar surface area (TPSA) is 24.4 Å². The van der Waals surface area contributed by atoms with E-state index in [1.165, 1.54) is 0 Å². The second-order valence-corrected chi connectivity index (χ2v) is 3.53. The van der Waals surface area contributed by atoms with Gasteiger partial charge in [0.25, 0.3) is 0 Å². The van der Waals surface area contributed by atoms with Gasteiger partial charge in [-0.25, -0.2) is 4.99 Å². The van der Waals surface area contributed by atoms with E-state index >= 15 is 0 Å². The number of nitrogens with one attached hydrogen (secondary N) is 1. The van der Waals surface area contributed by atoms with Gasteiger partial charge in [0.05, 0.1) is 5.69 Å². The monoisotopic (exact) mass is 258 g/mol.